The van der Waals surface area contributed by atoms with E-state index in [0.29, 0.717) is 6.54 Å². The molecule has 0 saturated heterocycles. The van der Waals surface area contributed by atoms with Crippen LogP contribution in [0.25, 0.3) is 10.9 Å². The lowest BCUT2D eigenvalue weighted by atomic mass is 10.1. The number of aryl methyl sites for hydroxylation is 1. The van der Waals surface area contributed by atoms with E-state index in [0.717, 1.165) is 37.0 Å². The number of nitrogens with zero attached hydrogens (tertiary/aromatic N) is 3. The van der Waals surface area contributed by atoms with Gasteiger partial charge in [-0.2, -0.15) is 0 Å². The van der Waals surface area contributed by atoms with Crippen molar-refractivity contribution in [2.45, 2.75) is 26.2 Å². The number of carbonyl (C=O) groups is 1. The Morgan fingerprint density at radius 3 is 2.77 bits per heavy atom. The average Bonchev–Trinajstić information content (AvgIpc) is 3.07. The van der Waals surface area contributed by atoms with E-state index in [2.05, 4.69) is 57.4 Å². The number of anilines is 1. The molecule has 0 spiro atoms. The summed E-state index contributed by atoms with van der Waals surface area (Å²) in [7, 11) is 0. The molecule has 0 unspecified atom stereocenters. The van der Waals surface area contributed by atoms with Gasteiger partial charge < -0.3 is 10.4 Å². The molecule has 136 valence electrons. The van der Waals surface area contributed by atoms with Gasteiger partial charge in [0, 0.05) is 37.1 Å². The Hall–Kier alpha value is -3.02. The Morgan fingerprint density at radius 2 is 2.04 bits per heavy atom. The molecular formula is C20H24N4O2. The second-order valence-electron chi connectivity index (χ2n) is 6.22. The van der Waals surface area contributed by atoms with Crippen molar-refractivity contribution in [3.63, 3.8) is 0 Å². The fourth-order valence-corrected chi connectivity index (χ4v) is 3.12. The second kappa shape index (κ2) is 8.38. The van der Waals surface area contributed by atoms with E-state index < -0.39 is 6.09 Å². The minimum atomic E-state index is -0.968. The minimum absolute atomic E-state index is 0.473. The molecule has 0 bridgehead atoms. The van der Waals surface area contributed by atoms with Crippen LogP contribution in [0.1, 0.15) is 25.3 Å². The van der Waals surface area contributed by atoms with Crippen molar-refractivity contribution in [3.8, 4) is 0 Å². The SMILES string of the molecule is CCCN(c1ccncc1)n1ccc2cc(CCCNC(=O)O)ccc21. The summed E-state index contributed by atoms with van der Waals surface area (Å²) in [5, 5.41) is 14.5. The van der Waals surface area contributed by atoms with E-state index in [1.807, 2.05) is 24.5 Å². The number of amides is 1. The Bertz CT molecular complexity index is 861. The molecule has 6 nitrogen and oxygen atoms in total. The van der Waals surface area contributed by atoms with Crippen molar-refractivity contribution >= 4 is 22.7 Å². The first kappa shape index (κ1) is 17.8. The van der Waals surface area contributed by atoms with E-state index in [1.165, 1.54) is 10.9 Å². The molecule has 3 aromatic rings. The van der Waals surface area contributed by atoms with E-state index in [1.54, 1.807) is 0 Å². The third-order valence-corrected chi connectivity index (χ3v) is 4.31. The first-order chi connectivity index (χ1) is 12.7. The Balaban J connectivity index is 1.80. The predicted octanol–water partition coefficient (Wildman–Crippen LogP) is 3.92. The Labute approximate surface area is 153 Å². The molecule has 26 heavy (non-hydrogen) atoms. The van der Waals surface area contributed by atoms with Gasteiger partial charge in [0.25, 0.3) is 0 Å². The normalized spacial score (nSPS) is 10.8. The zero-order chi connectivity index (χ0) is 18.4. The van der Waals surface area contributed by atoms with Gasteiger partial charge in [-0.3, -0.25) is 14.7 Å². The molecule has 0 aliphatic heterocycles. The lowest BCUT2D eigenvalue weighted by molar-refractivity contribution is 0.194. The van der Waals surface area contributed by atoms with Crippen molar-refractivity contribution in [1.29, 1.82) is 0 Å². The molecule has 6 heteroatoms. The van der Waals surface area contributed by atoms with Gasteiger partial charge in [-0.1, -0.05) is 13.0 Å². The molecule has 1 aromatic carbocycles. The molecule has 2 aromatic heterocycles. The van der Waals surface area contributed by atoms with Gasteiger partial charge in [0.05, 0.1) is 11.2 Å². The molecule has 0 saturated carbocycles. The van der Waals surface area contributed by atoms with Crippen LogP contribution in [-0.2, 0) is 6.42 Å². The van der Waals surface area contributed by atoms with Gasteiger partial charge in [-0.05, 0) is 55.2 Å². The lowest BCUT2D eigenvalue weighted by Crippen LogP contribution is -2.29. The van der Waals surface area contributed by atoms with Crippen LogP contribution >= 0.6 is 0 Å². The largest absolute Gasteiger partial charge is 0.465 e. The highest BCUT2D eigenvalue weighted by Crippen LogP contribution is 2.23. The average molecular weight is 352 g/mol. The van der Waals surface area contributed by atoms with Crippen molar-refractivity contribution < 1.29 is 9.90 Å². The van der Waals surface area contributed by atoms with Crippen molar-refractivity contribution in [2.75, 3.05) is 18.1 Å². The zero-order valence-electron chi connectivity index (χ0n) is 14.9. The van der Waals surface area contributed by atoms with Crippen molar-refractivity contribution in [1.82, 2.24) is 15.0 Å². The van der Waals surface area contributed by atoms with Gasteiger partial charge in [-0.25, -0.2) is 4.79 Å². The topological polar surface area (TPSA) is 70.4 Å². The Morgan fingerprint density at radius 1 is 1.23 bits per heavy atom. The van der Waals surface area contributed by atoms with Crippen LogP contribution < -0.4 is 10.3 Å². The highest BCUT2D eigenvalue weighted by atomic mass is 16.4. The van der Waals surface area contributed by atoms with Crippen molar-refractivity contribution in [2.24, 2.45) is 0 Å². The van der Waals surface area contributed by atoms with Gasteiger partial charge in [0.1, 0.15) is 0 Å². The molecule has 0 aliphatic rings. The number of hydrogen-bond acceptors (Lipinski definition) is 3. The van der Waals surface area contributed by atoms with E-state index in [-0.39, 0.29) is 0 Å². The summed E-state index contributed by atoms with van der Waals surface area (Å²) >= 11 is 0. The molecule has 0 atom stereocenters. The van der Waals surface area contributed by atoms with Crippen LogP contribution in [0.3, 0.4) is 0 Å². The molecule has 3 rings (SSSR count). The number of carboxylic acid groups (broad SMARTS) is 1. The third kappa shape index (κ3) is 4.14. The monoisotopic (exact) mass is 352 g/mol. The summed E-state index contributed by atoms with van der Waals surface area (Å²) in [4.78, 5) is 14.6. The fraction of sp³-hybridized carbons (Fsp3) is 0.300. The molecule has 0 fully saturated rings. The number of hydrogen-bond donors (Lipinski definition) is 2. The molecular weight excluding hydrogens is 328 g/mol. The summed E-state index contributed by atoms with van der Waals surface area (Å²) < 4.78 is 2.18. The number of nitrogens with one attached hydrogen (secondary N) is 1. The van der Waals surface area contributed by atoms with Crippen LogP contribution in [0.5, 0.6) is 0 Å². The first-order valence-electron chi connectivity index (χ1n) is 8.93. The summed E-state index contributed by atoms with van der Waals surface area (Å²) in [6.45, 7) is 3.56. The number of fused-ring (bicyclic) bond motifs is 1. The van der Waals surface area contributed by atoms with E-state index >= 15 is 0 Å². The predicted molar refractivity (Wildman–Crippen MR) is 104 cm³/mol. The highest BCUT2D eigenvalue weighted by Gasteiger charge is 2.11. The lowest BCUT2D eigenvalue weighted by Gasteiger charge is -2.26. The van der Waals surface area contributed by atoms with Gasteiger partial charge in [0.15, 0.2) is 0 Å². The maximum Gasteiger partial charge on any atom is 0.404 e. The number of rotatable bonds is 8. The Kier molecular flexibility index (Phi) is 5.73. The fourth-order valence-electron chi connectivity index (χ4n) is 3.12. The van der Waals surface area contributed by atoms with E-state index in [4.69, 9.17) is 5.11 Å². The first-order valence-corrected chi connectivity index (χ1v) is 8.93. The van der Waals surface area contributed by atoms with Crippen LogP contribution in [0.15, 0.2) is 55.0 Å². The summed E-state index contributed by atoms with van der Waals surface area (Å²) in [6.07, 6.45) is 7.43. The quantitative estimate of drug-likeness (QED) is 0.603. The summed E-state index contributed by atoms with van der Waals surface area (Å²) in [5.74, 6) is 0. The van der Waals surface area contributed by atoms with Crippen LogP contribution in [0.2, 0.25) is 0 Å². The third-order valence-electron chi connectivity index (χ3n) is 4.31. The van der Waals surface area contributed by atoms with Crippen LogP contribution in [-0.4, -0.2) is 33.9 Å². The standard InChI is InChI=1S/C20H24N4O2/c1-2-13-23(18-7-11-21-12-8-18)24-14-9-17-15-16(5-6-19(17)24)4-3-10-22-20(25)26/h5-9,11-12,14-15,22H,2-4,10,13H2,1H3,(H,25,26). The molecule has 0 aliphatic carbocycles. The second-order valence-corrected chi connectivity index (χ2v) is 6.22. The number of aromatic nitrogens is 2. The molecule has 1 amide bonds. The maximum atomic E-state index is 10.5. The zero-order valence-corrected chi connectivity index (χ0v) is 14.9. The van der Waals surface area contributed by atoms with Gasteiger partial charge >= 0.3 is 6.09 Å². The van der Waals surface area contributed by atoms with Gasteiger partial charge in [-0.15, -0.1) is 0 Å². The highest BCUT2D eigenvalue weighted by molar-refractivity contribution is 5.81. The molecule has 0 radical (unpaired) electrons. The smallest absolute Gasteiger partial charge is 0.404 e. The van der Waals surface area contributed by atoms with Crippen LogP contribution in [0.4, 0.5) is 10.5 Å². The minimum Gasteiger partial charge on any atom is -0.465 e. The molecule has 2 N–H and O–H groups in total. The van der Waals surface area contributed by atoms with Crippen molar-refractivity contribution in [3.05, 3.63) is 60.6 Å². The number of benzene rings is 1. The molecule has 2 heterocycles. The maximum absolute atomic E-state index is 10.5. The summed E-state index contributed by atoms with van der Waals surface area (Å²) in [6, 6.07) is 12.6. The number of pyridine rings is 1. The van der Waals surface area contributed by atoms with E-state index in [9.17, 15) is 4.79 Å². The van der Waals surface area contributed by atoms with Gasteiger partial charge in [0.2, 0.25) is 0 Å². The van der Waals surface area contributed by atoms with Crippen LogP contribution in [0, 0.1) is 0 Å². The summed E-state index contributed by atoms with van der Waals surface area (Å²) in [5.41, 5.74) is 3.49.